The van der Waals surface area contributed by atoms with Crippen molar-refractivity contribution < 1.29 is 19.7 Å². The number of ether oxygens (including phenoxy) is 1. The molecule has 1 heterocycles. The number of amides is 1. The first kappa shape index (κ1) is 18.0. The lowest BCUT2D eigenvalue weighted by Crippen LogP contribution is -2.29. The Morgan fingerprint density at radius 3 is 2.73 bits per heavy atom. The van der Waals surface area contributed by atoms with Gasteiger partial charge in [-0.1, -0.05) is 36.4 Å². The molecule has 0 aliphatic rings. The molecule has 2 aromatic carbocycles. The number of benzene rings is 2. The molecule has 3 aromatic rings. The summed E-state index contributed by atoms with van der Waals surface area (Å²) < 4.78 is 5.10. The Balaban J connectivity index is 1.42. The van der Waals surface area contributed by atoms with E-state index in [4.69, 9.17) is 4.74 Å². The minimum absolute atomic E-state index is 0.189. The Bertz CT molecular complexity index is 847. The summed E-state index contributed by atoms with van der Waals surface area (Å²) in [5, 5.41) is 24.0. The molecule has 1 amide bonds. The van der Waals surface area contributed by atoms with Crippen LogP contribution in [0.15, 0.2) is 60.8 Å². The third-order valence-corrected chi connectivity index (χ3v) is 4.21. The molecule has 0 aliphatic carbocycles. The van der Waals surface area contributed by atoms with E-state index < -0.39 is 18.3 Å². The number of aliphatic hydroxyl groups excluding tert-OH is 2. The first-order valence-corrected chi connectivity index (χ1v) is 8.51. The van der Waals surface area contributed by atoms with Crippen molar-refractivity contribution in [3.05, 3.63) is 71.9 Å². The maximum absolute atomic E-state index is 11.7. The number of carbonyl (C=O) groups excluding carboxylic acids is 1. The molecule has 6 heteroatoms. The van der Waals surface area contributed by atoms with E-state index in [1.165, 1.54) is 0 Å². The predicted octanol–water partition coefficient (Wildman–Crippen LogP) is 2.88. The van der Waals surface area contributed by atoms with Gasteiger partial charge in [-0.2, -0.15) is 0 Å². The summed E-state index contributed by atoms with van der Waals surface area (Å²) in [4.78, 5) is 14.8. The van der Waals surface area contributed by atoms with E-state index in [2.05, 4.69) is 10.3 Å². The van der Waals surface area contributed by atoms with Crippen LogP contribution >= 0.6 is 0 Å². The van der Waals surface area contributed by atoms with E-state index in [9.17, 15) is 15.0 Å². The summed E-state index contributed by atoms with van der Waals surface area (Å²) >= 11 is 0. The number of nitrogens with one attached hydrogen (secondary N) is 2. The zero-order valence-corrected chi connectivity index (χ0v) is 14.3. The quantitative estimate of drug-likeness (QED) is 0.525. The van der Waals surface area contributed by atoms with E-state index in [1.54, 1.807) is 6.07 Å². The van der Waals surface area contributed by atoms with E-state index in [1.807, 2.05) is 54.7 Å². The van der Waals surface area contributed by atoms with E-state index in [0.717, 1.165) is 16.5 Å². The largest absolute Gasteiger partial charge is 0.445 e. The molecular formula is C20H22N2O4. The Morgan fingerprint density at radius 2 is 1.92 bits per heavy atom. The molecule has 0 spiro atoms. The summed E-state index contributed by atoms with van der Waals surface area (Å²) in [6.45, 7) is 0.396. The molecular weight excluding hydrogens is 332 g/mol. The average Bonchev–Trinajstić information content (AvgIpc) is 3.14. The summed E-state index contributed by atoms with van der Waals surface area (Å²) in [5.74, 6) is 0. The maximum Gasteiger partial charge on any atom is 0.407 e. The topological polar surface area (TPSA) is 94.6 Å². The van der Waals surface area contributed by atoms with Gasteiger partial charge in [-0.3, -0.25) is 0 Å². The van der Waals surface area contributed by atoms with Crippen LogP contribution in [0.3, 0.4) is 0 Å². The first-order valence-electron chi connectivity index (χ1n) is 8.51. The standard InChI is InChI=1S/C20H22N2O4/c23-18(19(24)16-6-7-17-15(12-16)8-10-21-17)9-11-22-20(25)26-13-14-4-2-1-3-5-14/h1-8,10,12,18-19,21,23-24H,9,11,13H2,(H,22,25). The Morgan fingerprint density at radius 1 is 1.12 bits per heavy atom. The Kier molecular flexibility index (Phi) is 5.88. The molecule has 0 fully saturated rings. The number of aliphatic hydroxyl groups is 2. The van der Waals surface area contributed by atoms with Crippen LogP contribution in [0.2, 0.25) is 0 Å². The zero-order valence-electron chi connectivity index (χ0n) is 14.3. The highest BCUT2D eigenvalue weighted by Crippen LogP contribution is 2.23. The van der Waals surface area contributed by atoms with Crippen LogP contribution < -0.4 is 5.32 Å². The van der Waals surface area contributed by atoms with Gasteiger partial charge in [0.1, 0.15) is 12.7 Å². The molecule has 0 radical (unpaired) electrons. The van der Waals surface area contributed by atoms with Crippen molar-refractivity contribution in [1.29, 1.82) is 0 Å². The lowest BCUT2D eigenvalue weighted by atomic mass is 10.0. The molecule has 0 aliphatic heterocycles. The molecule has 136 valence electrons. The third kappa shape index (κ3) is 4.62. The van der Waals surface area contributed by atoms with Gasteiger partial charge >= 0.3 is 6.09 Å². The van der Waals surface area contributed by atoms with Crippen molar-refractivity contribution in [1.82, 2.24) is 10.3 Å². The van der Waals surface area contributed by atoms with Crippen LogP contribution in [-0.4, -0.2) is 33.9 Å². The molecule has 4 N–H and O–H groups in total. The molecule has 2 atom stereocenters. The fourth-order valence-corrected chi connectivity index (χ4v) is 2.73. The molecule has 1 aromatic heterocycles. The Labute approximate surface area is 151 Å². The van der Waals surface area contributed by atoms with Crippen molar-refractivity contribution in [3.8, 4) is 0 Å². The van der Waals surface area contributed by atoms with Crippen molar-refractivity contribution in [2.24, 2.45) is 0 Å². The van der Waals surface area contributed by atoms with E-state index >= 15 is 0 Å². The highest BCUT2D eigenvalue weighted by molar-refractivity contribution is 5.80. The van der Waals surface area contributed by atoms with Gasteiger partial charge in [0.15, 0.2) is 0 Å². The summed E-state index contributed by atoms with van der Waals surface area (Å²) in [6, 6.07) is 16.8. The second-order valence-corrected chi connectivity index (χ2v) is 6.11. The maximum atomic E-state index is 11.7. The van der Waals surface area contributed by atoms with Gasteiger partial charge in [0.25, 0.3) is 0 Å². The van der Waals surface area contributed by atoms with Gasteiger partial charge in [0.05, 0.1) is 6.10 Å². The second kappa shape index (κ2) is 8.51. The predicted molar refractivity (Wildman–Crippen MR) is 98.5 cm³/mol. The van der Waals surface area contributed by atoms with Crippen LogP contribution in [0.25, 0.3) is 10.9 Å². The van der Waals surface area contributed by atoms with Gasteiger partial charge in [0.2, 0.25) is 0 Å². The number of fused-ring (bicyclic) bond motifs is 1. The molecule has 6 nitrogen and oxygen atoms in total. The number of H-pyrrole nitrogens is 1. The van der Waals surface area contributed by atoms with Crippen LogP contribution in [0, 0.1) is 0 Å². The minimum atomic E-state index is -1.02. The highest BCUT2D eigenvalue weighted by Gasteiger charge is 2.19. The average molecular weight is 354 g/mol. The van der Waals surface area contributed by atoms with Crippen molar-refractivity contribution in [3.63, 3.8) is 0 Å². The molecule has 3 rings (SSSR count). The fraction of sp³-hybridized carbons (Fsp3) is 0.250. The number of carbonyl (C=O) groups is 1. The van der Waals surface area contributed by atoms with Crippen LogP contribution in [0.4, 0.5) is 4.79 Å². The third-order valence-electron chi connectivity index (χ3n) is 4.21. The molecule has 0 bridgehead atoms. The molecule has 26 heavy (non-hydrogen) atoms. The van der Waals surface area contributed by atoms with Crippen molar-refractivity contribution in [2.75, 3.05) is 6.54 Å². The number of aromatic amines is 1. The fourth-order valence-electron chi connectivity index (χ4n) is 2.73. The van der Waals surface area contributed by atoms with E-state index in [0.29, 0.717) is 5.56 Å². The molecule has 0 saturated heterocycles. The first-order chi connectivity index (χ1) is 12.6. The van der Waals surface area contributed by atoms with Gasteiger partial charge in [-0.25, -0.2) is 4.79 Å². The van der Waals surface area contributed by atoms with Gasteiger partial charge in [-0.05, 0) is 41.1 Å². The van der Waals surface area contributed by atoms with Gasteiger partial charge < -0.3 is 25.3 Å². The summed E-state index contributed by atoms with van der Waals surface area (Å²) in [6.07, 6.45) is -0.517. The number of hydrogen-bond acceptors (Lipinski definition) is 4. The lowest BCUT2D eigenvalue weighted by molar-refractivity contribution is 0.0137. The number of alkyl carbamates (subject to hydrolysis) is 1. The second-order valence-electron chi connectivity index (χ2n) is 6.11. The summed E-state index contributed by atoms with van der Waals surface area (Å²) in [7, 11) is 0. The minimum Gasteiger partial charge on any atom is -0.445 e. The number of rotatable bonds is 7. The SMILES string of the molecule is O=C(NCCC(O)C(O)c1ccc2[nH]ccc2c1)OCc1ccccc1. The number of hydrogen-bond donors (Lipinski definition) is 4. The molecule has 2 unspecified atom stereocenters. The van der Waals surface area contributed by atoms with Crippen molar-refractivity contribution >= 4 is 17.0 Å². The van der Waals surface area contributed by atoms with Crippen LogP contribution in [0.5, 0.6) is 0 Å². The van der Waals surface area contributed by atoms with Gasteiger partial charge in [0, 0.05) is 18.3 Å². The lowest BCUT2D eigenvalue weighted by Gasteiger charge is -2.18. The van der Waals surface area contributed by atoms with E-state index in [-0.39, 0.29) is 19.6 Å². The summed E-state index contributed by atoms with van der Waals surface area (Å²) in [5.41, 5.74) is 2.51. The number of aromatic nitrogens is 1. The molecule has 0 saturated carbocycles. The van der Waals surface area contributed by atoms with Crippen LogP contribution in [-0.2, 0) is 11.3 Å². The normalized spacial score (nSPS) is 13.3. The van der Waals surface area contributed by atoms with Crippen LogP contribution in [0.1, 0.15) is 23.7 Å². The van der Waals surface area contributed by atoms with Crippen molar-refractivity contribution in [2.45, 2.75) is 25.2 Å². The van der Waals surface area contributed by atoms with Gasteiger partial charge in [-0.15, -0.1) is 0 Å². The Hall–Kier alpha value is -2.83. The highest BCUT2D eigenvalue weighted by atomic mass is 16.5. The monoisotopic (exact) mass is 354 g/mol. The smallest absolute Gasteiger partial charge is 0.407 e. The zero-order chi connectivity index (χ0) is 18.4.